The lowest BCUT2D eigenvalue weighted by atomic mass is 10.2. The van der Waals surface area contributed by atoms with Crippen LogP contribution in [-0.4, -0.2) is 14.7 Å². The summed E-state index contributed by atoms with van der Waals surface area (Å²) in [7, 11) is 0. The second-order valence-electron chi connectivity index (χ2n) is 2.30. The minimum Gasteiger partial charge on any atom is -0.366 e. The van der Waals surface area contributed by atoms with E-state index in [1.807, 2.05) is 0 Å². The number of rotatable bonds is 1. The molecular formula is C7H5N3OS. The Bertz CT molecular complexity index is 437. The summed E-state index contributed by atoms with van der Waals surface area (Å²) in [6, 6.07) is 5.18. The van der Waals surface area contributed by atoms with Crippen LogP contribution in [0.5, 0.6) is 0 Å². The molecule has 1 aromatic heterocycles. The van der Waals surface area contributed by atoms with E-state index in [1.54, 1.807) is 18.2 Å². The molecule has 0 aliphatic carbocycles. The Hall–Kier alpha value is -1.49. The summed E-state index contributed by atoms with van der Waals surface area (Å²) in [5.41, 5.74) is 6.88. The van der Waals surface area contributed by atoms with Gasteiger partial charge in [0.2, 0.25) is 0 Å². The number of benzene rings is 1. The van der Waals surface area contributed by atoms with Gasteiger partial charge in [0.1, 0.15) is 11.0 Å². The number of fused-ring (bicyclic) bond motifs is 1. The number of primary amides is 1. The summed E-state index contributed by atoms with van der Waals surface area (Å²) in [5.74, 6) is -0.465. The Morgan fingerprint density at radius 3 is 3.00 bits per heavy atom. The van der Waals surface area contributed by atoms with Crippen molar-refractivity contribution in [2.75, 3.05) is 0 Å². The van der Waals surface area contributed by atoms with Crippen molar-refractivity contribution in [2.24, 2.45) is 5.73 Å². The molecule has 5 heteroatoms. The maximum Gasteiger partial charge on any atom is 0.251 e. The van der Waals surface area contributed by atoms with Gasteiger partial charge in [-0.2, -0.15) is 8.75 Å². The number of hydrogen-bond acceptors (Lipinski definition) is 4. The minimum atomic E-state index is -0.465. The highest BCUT2D eigenvalue weighted by atomic mass is 32.1. The number of carbonyl (C=O) groups excluding carboxylic acids is 1. The third kappa shape index (κ3) is 0.947. The van der Waals surface area contributed by atoms with Gasteiger partial charge in [0.15, 0.2) is 0 Å². The van der Waals surface area contributed by atoms with Gasteiger partial charge < -0.3 is 5.73 Å². The van der Waals surface area contributed by atoms with Crippen molar-refractivity contribution in [1.82, 2.24) is 8.75 Å². The first kappa shape index (κ1) is 7.17. The zero-order valence-corrected chi connectivity index (χ0v) is 6.84. The van der Waals surface area contributed by atoms with Gasteiger partial charge in [-0.25, -0.2) is 0 Å². The highest BCUT2D eigenvalue weighted by Gasteiger charge is 2.08. The first-order valence-corrected chi connectivity index (χ1v) is 4.03. The van der Waals surface area contributed by atoms with E-state index in [4.69, 9.17) is 5.73 Å². The SMILES string of the molecule is NC(=O)c1cccc2nsnc12. The van der Waals surface area contributed by atoms with Crippen LogP contribution in [0.15, 0.2) is 18.2 Å². The molecule has 0 saturated carbocycles. The van der Waals surface area contributed by atoms with Gasteiger partial charge in [-0.1, -0.05) is 6.07 Å². The average Bonchev–Trinajstić information content (AvgIpc) is 2.49. The fourth-order valence-corrected chi connectivity index (χ4v) is 1.55. The molecule has 2 rings (SSSR count). The van der Waals surface area contributed by atoms with Crippen molar-refractivity contribution in [3.05, 3.63) is 23.8 Å². The topological polar surface area (TPSA) is 68.9 Å². The van der Waals surface area contributed by atoms with Crippen molar-refractivity contribution in [3.63, 3.8) is 0 Å². The molecule has 0 radical (unpaired) electrons. The Morgan fingerprint density at radius 2 is 2.25 bits per heavy atom. The quantitative estimate of drug-likeness (QED) is 0.703. The van der Waals surface area contributed by atoms with E-state index in [2.05, 4.69) is 8.75 Å². The highest BCUT2D eigenvalue weighted by molar-refractivity contribution is 7.00. The van der Waals surface area contributed by atoms with Gasteiger partial charge in [0.25, 0.3) is 5.91 Å². The van der Waals surface area contributed by atoms with Crippen LogP contribution < -0.4 is 5.73 Å². The van der Waals surface area contributed by atoms with Crippen LogP contribution in [0, 0.1) is 0 Å². The molecule has 12 heavy (non-hydrogen) atoms. The molecule has 0 aliphatic rings. The van der Waals surface area contributed by atoms with Crippen LogP contribution in [-0.2, 0) is 0 Å². The lowest BCUT2D eigenvalue weighted by Gasteiger charge is -1.93. The molecule has 0 spiro atoms. The molecule has 1 aromatic carbocycles. The molecule has 0 bridgehead atoms. The van der Waals surface area contributed by atoms with Crippen LogP contribution in [0.2, 0.25) is 0 Å². The van der Waals surface area contributed by atoms with Gasteiger partial charge >= 0.3 is 0 Å². The van der Waals surface area contributed by atoms with Crippen LogP contribution in [0.25, 0.3) is 11.0 Å². The van der Waals surface area contributed by atoms with E-state index in [0.717, 1.165) is 17.2 Å². The van der Waals surface area contributed by atoms with Gasteiger partial charge in [0, 0.05) is 0 Å². The van der Waals surface area contributed by atoms with Gasteiger partial charge in [-0.3, -0.25) is 4.79 Å². The van der Waals surface area contributed by atoms with Crippen LogP contribution in [0.4, 0.5) is 0 Å². The maximum atomic E-state index is 10.9. The van der Waals surface area contributed by atoms with E-state index in [0.29, 0.717) is 11.1 Å². The van der Waals surface area contributed by atoms with Gasteiger partial charge in [-0.05, 0) is 12.1 Å². The number of carbonyl (C=O) groups is 1. The normalized spacial score (nSPS) is 10.3. The number of amides is 1. The van der Waals surface area contributed by atoms with E-state index in [-0.39, 0.29) is 0 Å². The highest BCUT2D eigenvalue weighted by Crippen LogP contribution is 2.15. The predicted octanol–water partition coefficient (Wildman–Crippen LogP) is 0.790. The monoisotopic (exact) mass is 179 g/mol. The first-order chi connectivity index (χ1) is 5.79. The van der Waals surface area contributed by atoms with Crippen molar-refractivity contribution < 1.29 is 4.79 Å². The first-order valence-electron chi connectivity index (χ1n) is 3.30. The molecule has 4 nitrogen and oxygen atoms in total. The second-order valence-corrected chi connectivity index (χ2v) is 2.83. The summed E-state index contributed by atoms with van der Waals surface area (Å²) in [5, 5.41) is 0. The zero-order chi connectivity index (χ0) is 8.55. The average molecular weight is 179 g/mol. The van der Waals surface area contributed by atoms with E-state index in [1.165, 1.54) is 0 Å². The predicted molar refractivity (Wildman–Crippen MR) is 45.9 cm³/mol. The number of aromatic nitrogens is 2. The van der Waals surface area contributed by atoms with Crippen molar-refractivity contribution in [3.8, 4) is 0 Å². The lowest BCUT2D eigenvalue weighted by molar-refractivity contribution is 0.100. The fourth-order valence-electron chi connectivity index (χ4n) is 1.00. The van der Waals surface area contributed by atoms with Crippen LogP contribution >= 0.6 is 11.7 Å². The van der Waals surface area contributed by atoms with E-state index >= 15 is 0 Å². The minimum absolute atomic E-state index is 0.432. The van der Waals surface area contributed by atoms with Crippen LogP contribution in [0.1, 0.15) is 10.4 Å². The van der Waals surface area contributed by atoms with Crippen LogP contribution in [0.3, 0.4) is 0 Å². The van der Waals surface area contributed by atoms with Gasteiger partial charge in [0.05, 0.1) is 17.3 Å². The summed E-state index contributed by atoms with van der Waals surface area (Å²) >= 11 is 1.08. The molecule has 0 atom stereocenters. The van der Waals surface area contributed by atoms with E-state index in [9.17, 15) is 4.79 Å². The summed E-state index contributed by atoms with van der Waals surface area (Å²) in [4.78, 5) is 10.9. The summed E-state index contributed by atoms with van der Waals surface area (Å²) < 4.78 is 7.95. The van der Waals surface area contributed by atoms with Crippen molar-refractivity contribution >= 4 is 28.7 Å². The maximum absolute atomic E-state index is 10.9. The molecule has 2 aromatic rings. The van der Waals surface area contributed by atoms with E-state index < -0.39 is 5.91 Å². The Morgan fingerprint density at radius 1 is 1.42 bits per heavy atom. The van der Waals surface area contributed by atoms with Crippen molar-refractivity contribution in [2.45, 2.75) is 0 Å². The fraction of sp³-hybridized carbons (Fsp3) is 0. The number of nitrogens with zero attached hydrogens (tertiary/aromatic N) is 2. The molecule has 0 fully saturated rings. The number of nitrogens with two attached hydrogens (primary N) is 1. The second kappa shape index (κ2) is 2.53. The molecular weight excluding hydrogens is 174 g/mol. The molecule has 0 aliphatic heterocycles. The molecule has 0 saturated heterocycles. The third-order valence-electron chi connectivity index (χ3n) is 1.55. The molecule has 2 N–H and O–H groups in total. The summed E-state index contributed by atoms with van der Waals surface area (Å²) in [6.45, 7) is 0. The largest absolute Gasteiger partial charge is 0.366 e. The number of hydrogen-bond donors (Lipinski definition) is 1. The van der Waals surface area contributed by atoms with Gasteiger partial charge in [-0.15, -0.1) is 0 Å². The summed E-state index contributed by atoms with van der Waals surface area (Å²) in [6.07, 6.45) is 0. The third-order valence-corrected chi connectivity index (χ3v) is 2.09. The molecule has 1 heterocycles. The standard InChI is InChI=1S/C7H5N3OS/c8-7(11)4-2-1-3-5-6(4)10-12-9-5/h1-3H,(H2,8,11). The Kier molecular flexibility index (Phi) is 1.51. The smallest absolute Gasteiger partial charge is 0.251 e. The molecule has 1 amide bonds. The Labute approximate surface area is 72.3 Å². The van der Waals surface area contributed by atoms with Crippen molar-refractivity contribution in [1.29, 1.82) is 0 Å². The molecule has 0 unspecified atom stereocenters. The molecule has 60 valence electrons. The lowest BCUT2D eigenvalue weighted by Crippen LogP contribution is -2.11. The zero-order valence-electron chi connectivity index (χ0n) is 6.02. The Balaban J connectivity index is 2.82.